The SMILES string of the molecule is Cc1ccc(SCC(=O)NC2(C(=O)O)CC2)cc1. The molecule has 1 amide bonds. The summed E-state index contributed by atoms with van der Waals surface area (Å²) in [6.45, 7) is 2.00. The number of nitrogens with one attached hydrogen (secondary N) is 1. The molecule has 1 saturated carbocycles. The van der Waals surface area contributed by atoms with Crippen LogP contribution in [0.3, 0.4) is 0 Å². The van der Waals surface area contributed by atoms with Crippen LogP contribution in [0.1, 0.15) is 18.4 Å². The lowest BCUT2D eigenvalue weighted by Gasteiger charge is -2.12. The predicted molar refractivity (Wildman–Crippen MR) is 69.6 cm³/mol. The number of aryl methyl sites for hydroxylation is 1. The van der Waals surface area contributed by atoms with Crippen molar-refractivity contribution >= 4 is 23.6 Å². The molecule has 96 valence electrons. The molecule has 0 aromatic heterocycles. The lowest BCUT2D eigenvalue weighted by Crippen LogP contribution is -2.43. The summed E-state index contributed by atoms with van der Waals surface area (Å²) in [7, 11) is 0. The molecular weight excluding hydrogens is 250 g/mol. The first-order valence-corrected chi connectivity index (χ1v) is 6.74. The molecule has 0 bridgehead atoms. The van der Waals surface area contributed by atoms with Crippen molar-refractivity contribution in [3.05, 3.63) is 29.8 Å². The van der Waals surface area contributed by atoms with E-state index in [9.17, 15) is 9.59 Å². The van der Waals surface area contributed by atoms with Gasteiger partial charge in [-0.15, -0.1) is 11.8 Å². The minimum atomic E-state index is -0.981. The van der Waals surface area contributed by atoms with E-state index in [1.807, 2.05) is 31.2 Å². The number of thioether (sulfide) groups is 1. The number of aliphatic carboxylic acids is 1. The lowest BCUT2D eigenvalue weighted by atomic mass is 10.2. The van der Waals surface area contributed by atoms with Gasteiger partial charge in [-0.25, -0.2) is 4.79 Å². The van der Waals surface area contributed by atoms with Gasteiger partial charge in [-0.2, -0.15) is 0 Å². The summed E-state index contributed by atoms with van der Waals surface area (Å²) in [6, 6.07) is 7.88. The second-order valence-corrected chi connectivity index (χ2v) is 5.59. The summed E-state index contributed by atoms with van der Waals surface area (Å²) < 4.78 is 0. The number of carbonyl (C=O) groups excluding carboxylic acids is 1. The molecule has 2 N–H and O–H groups in total. The molecule has 4 nitrogen and oxygen atoms in total. The van der Waals surface area contributed by atoms with Crippen molar-refractivity contribution in [2.75, 3.05) is 5.75 Å². The summed E-state index contributed by atoms with van der Waals surface area (Å²) in [5.41, 5.74) is 0.192. The number of benzene rings is 1. The Morgan fingerprint density at radius 2 is 1.94 bits per heavy atom. The van der Waals surface area contributed by atoms with E-state index in [4.69, 9.17) is 5.11 Å². The molecule has 0 spiro atoms. The molecule has 0 aliphatic heterocycles. The second-order valence-electron chi connectivity index (χ2n) is 4.54. The maximum absolute atomic E-state index is 11.6. The van der Waals surface area contributed by atoms with Crippen LogP contribution in [0, 0.1) is 6.92 Å². The lowest BCUT2D eigenvalue weighted by molar-refractivity contribution is -0.142. The zero-order chi connectivity index (χ0) is 13.2. The number of carbonyl (C=O) groups is 2. The number of rotatable bonds is 5. The fourth-order valence-corrected chi connectivity index (χ4v) is 2.30. The predicted octanol–water partition coefficient (Wildman–Crippen LogP) is 1.82. The zero-order valence-electron chi connectivity index (χ0n) is 10.1. The van der Waals surface area contributed by atoms with Crippen LogP contribution in [0.15, 0.2) is 29.2 Å². The summed E-state index contributed by atoms with van der Waals surface area (Å²) >= 11 is 1.41. The molecule has 18 heavy (non-hydrogen) atoms. The van der Waals surface area contributed by atoms with E-state index in [2.05, 4.69) is 5.32 Å². The van der Waals surface area contributed by atoms with Crippen LogP contribution in [-0.2, 0) is 9.59 Å². The number of carboxylic acids is 1. The first-order valence-electron chi connectivity index (χ1n) is 5.76. The molecule has 1 aromatic rings. The van der Waals surface area contributed by atoms with Crippen LogP contribution in [0.25, 0.3) is 0 Å². The molecule has 1 aliphatic rings. The molecule has 5 heteroatoms. The van der Waals surface area contributed by atoms with Gasteiger partial charge in [0, 0.05) is 4.90 Å². The minimum Gasteiger partial charge on any atom is -0.480 e. The summed E-state index contributed by atoms with van der Waals surface area (Å²) in [5, 5.41) is 11.5. The fourth-order valence-electron chi connectivity index (χ4n) is 1.60. The smallest absolute Gasteiger partial charge is 0.329 e. The van der Waals surface area contributed by atoms with Gasteiger partial charge in [-0.3, -0.25) is 4.79 Å². The van der Waals surface area contributed by atoms with Gasteiger partial charge < -0.3 is 10.4 Å². The van der Waals surface area contributed by atoms with Gasteiger partial charge in [-0.05, 0) is 31.9 Å². The number of hydrogen-bond donors (Lipinski definition) is 2. The van der Waals surface area contributed by atoms with Gasteiger partial charge in [-0.1, -0.05) is 17.7 Å². The number of carboxylic acid groups (broad SMARTS) is 1. The van der Waals surface area contributed by atoms with Gasteiger partial charge >= 0.3 is 5.97 Å². The molecule has 0 unspecified atom stereocenters. The highest BCUT2D eigenvalue weighted by Gasteiger charge is 2.51. The Morgan fingerprint density at radius 3 is 2.44 bits per heavy atom. The van der Waals surface area contributed by atoms with Gasteiger partial charge in [0.05, 0.1) is 5.75 Å². The molecule has 0 saturated heterocycles. The Balaban J connectivity index is 1.82. The highest BCUT2D eigenvalue weighted by atomic mass is 32.2. The Hall–Kier alpha value is -1.49. The van der Waals surface area contributed by atoms with Crippen molar-refractivity contribution < 1.29 is 14.7 Å². The van der Waals surface area contributed by atoms with Crippen molar-refractivity contribution in [1.29, 1.82) is 0 Å². The molecule has 2 rings (SSSR count). The van der Waals surface area contributed by atoms with E-state index in [1.54, 1.807) is 0 Å². The van der Waals surface area contributed by atoms with Gasteiger partial charge in [0.2, 0.25) is 5.91 Å². The highest BCUT2D eigenvalue weighted by Crippen LogP contribution is 2.35. The molecule has 0 heterocycles. The van der Waals surface area contributed by atoms with Crippen LogP contribution in [-0.4, -0.2) is 28.3 Å². The molecule has 0 atom stereocenters. The van der Waals surface area contributed by atoms with Crippen molar-refractivity contribution in [2.45, 2.75) is 30.2 Å². The molecular formula is C13H15NO3S. The Kier molecular flexibility index (Phi) is 3.61. The first kappa shape index (κ1) is 13.0. The number of hydrogen-bond acceptors (Lipinski definition) is 3. The third kappa shape index (κ3) is 3.04. The topological polar surface area (TPSA) is 66.4 Å². The Bertz CT molecular complexity index is 466. The second kappa shape index (κ2) is 5.02. The monoisotopic (exact) mass is 265 g/mol. The Labute approximate surface area is 110 Å². The van der Waals surface area contributed by atoms with Crippen LogP contribution in [0.5, 0.6) is 0 Å². The quantitative estimate of drug-likeness (QED) is 0.797. The average Bonchev–Trinajstić information content (AvgIpc) is 3.09. The minimum absolute atomic E-state index is 0.222. The van der Waals surface area contributed by atoms with Crippen molar-refractivity contribution in [2.24, 2.45) is 0 Å². The standard InChI is InChI=1S/C13H15NO3S/c1-9-2-4-10(5-3-9)18-8-11(15)14-13(6-7-13)12(16)17/h2-5H,6-8H2,1H3,(H,14,15)(H,16,17). The van der Waals surface area contributed by atoms with E-state index in [1.165, 1.54) is 17.3 Å². The van der Waals surface area contributed by atoms with Crippen LogP contribution < -0.4 is 5.32 Å². The highest BCUT2D eigenvalue weighted by molar-refractivity contribution is 8.00. The third-order valence-corrected chi connectivity index (χ3v) is 3.94. The maximum atomic E-state index is 11.6. The van der Waals surface area contributed by atoms with Crippen LogP contribution >= 0.6 is 11.8 Å². The van der Waals surface area contributed by atoms with Crippen LogP contribution in [0.2, 0.25) is 0 Å². The first-order chi connectivity index (χ1) is 8.52. The molecule has 1 aliphatic carbocycles. The van der Waals surface area contributed by atoms with Gasteiger partial charge in [0.25, 0.3) is 0 Å². The van der Waals surface area contributed by atoms with Crippen molar-refractivity contribution in [3.63, 3.8) is 0 Å². The van der Waals surface area contributed by atoms with E-state index in [-0.39, 0.29) is 11.7 Å². The van der Waals surface area contributed by atoms with Gasteiger partial charge in [0.1, 0.15) is 5.54 Å². The summed E-state index contributed by atoms with van der Waals surface area (Å²) in [4.78, 5) is 23.6. The van der Waals surface area contributed by atoms with E-state index in [0.29, 0.717) is 12.8 Å². The van der Waals surface area contributed by atoms with E-state index in [0.717, 1.165) is 4.90 Å². The zero-order valence-corrected chi connectivity index (χ0v) is 10.9. The van der Waals surface area contributed by atoms with Crippen LogP contribution in [0.4, 0.5) is 0 Å². The van der Waals surface area contributed by atoms with E-state index >= 15 is 0 Å². The van der Waals surface area contributed by atoms with Gasteiger partial charge in [0.15, 0.2) is 0 Å². The normalized spacial score (nSPS) is 16.1. The fraction of sp³-hybridized carbons (Fsp3) is 0.385. The maximum Gasteiger partial charge on any atom is 0.329 e. The average molecular weight is 265 g/mol. The van der Waals surface area contributed by atoms with Crippen molar-refractivity contribution in [1.82, 2.24) is 5.32 Å². The largest absolute Gasteiger partial charge is 0.480 e. The molecule has 1 aromatic carbocycles. The summed E-state index contributed by atoms with van der Waals surface area (Å²) in [5.74, 6) is -0.908. The Morgan fingerprint density at radius 1 is 1.33 bits per heavy atom. The van der Waals surface area contributed by atoms with E-state index < -0.39 is 11.5 Å². The third-order valence-electron chi connectivity index (χ3n) is 2.93. The summed E-state index contributed by atoms with van der Waals surface area (Å²) in [6.07, 6.45) is 1.06. The number of amides is 1. The molecule has 1 fully saturated rings. The molecule has 0 radical (unpaired) electrons. The van der Waals surface area contributed by atoms with Crippen molar-refractivity contribution in [3.8, 4) is 0 Å².